The van der Waals surface area contributed by atoms with Crippen molar-refractivity contribution in [3.63, 3.8) is 0 Å². The lowest BCUT2D eigenvalue weighted by Crippen LogP contribution is -2.60. The van der Waals surface area contributed by atoms with Gasteiger partial charge in [0.1, 0.15) is 5.78 Å². The van der Waals surface area contributed by atoms with Crippen molar-refractivity contribution in [2.45, 2.75) is 77.7 Å². The minimum atomic E-state index is -0.00928. The van der Waals surface area contributed by atoms with Crippen molar-refractivity contribution >= 4 is 11.7 Å². The predicted molar refractivity (Wildman–Crippen MR) is 89.7 cm³/mol. The molecule has 0 aromatic rings. The average Bonchev–Trinajstić information content (AvgIpc) is 2.40. The van der Waals surface area contributed by atoms with Crippen LogP contribution < -0.4 is 5.32 Å². The molecule has 5 saturated carbocycles. The SMILES string of the molecule is CC(=O)[C@H]1C[C@H](CC(=O)NC23CC4CC(CC(C4)C2)C3)C1(C)C. The molecule has 5 fully saturated rings. The Hall–Kier alpha value is -0.860. The molecule has 0 aromatic heterocycles. The van der Waals surface area contributed by atoms with E-state index in [1.807, 2.05) is 0 Å². The Labute approximate surface area is 140 Å². The Morgan fingerprint density at radius 3 is 1.91 bits per heavy atom. The lowest BCUT2D eigenvalue weighted by atomic mass is 9.52. The van der Waals surface area contributed by atoms with Gasteiger partial charge >= 0.3 is 0 Å². The average molecular weight is 317 g/mol. The maximum atomic E-state index is 12.7. The van der Waals surface area contributed by atoms with Crippen LogP contribution in [0.5, 0.6) is 0 Å². The highest BCUT2D eigenvalue weighted by Crippen LogP contribution is 2.56. The van der Waals surface area contributed by atoms with Crippen LogP contribution in [0, 0.1) is 35.0 Å². The van der Waals surface area contributed by atoms with Gasteiger partial charge in [0.05, 0.1) is 0 Å². The number of Topliss-reactive ketones (excluding diaryl/α,β-unsaturated/α-hetero) is 1. The zero-order valence-electron chi connectivity index (χ0n) is 14.9. The molecular formula is C20H31NO2. The van der Waals surface area contributed by atoms with Crippen LogP contribution in [-0.2, 0) is 9.59 Å². The topological polar surface area (TPSA) is 46.2 Å². The zero-order valence-corrected chi connectivity index (χ0v) is 14.9. The van der Waals surface area contributed by atoms with Gasteiger partial charge in [-0.25, -0.2) is 0 Å². The summed E-state index contributed by atoms with van der Waals surface area (Å²) < 4.78 is 0. The van der Waals surface area contributed by atoms with Gasteiger partial charge < -0.3 is 5.32 Å². The van der Waals surface area contributed by atoms with Gasteiger partial charge in [0.2, 0.25) is 5.91 Å². The molecule has 3 heteroatoms. The summed E-state index contributed by atoms with van der Waals surface area (Å²) in [5.74, 6) is 3.64. The minimum Gasteiger partial charge on any atom is -0.351 e. The van der Waals surface area contributed by atoms with Crippen LogP contribution in [0.2, 0.25) is 0 Å². The van der Waals surface area contributed by atoms with Crippen molar-refractivity contribution in [2.24, 2.45) is 35.0 Å². The van der Waals surface area contributed by atoms with Crippen LogP contribution in [0.1, 0.15) is 72.1 Å². The fraction of sp³-hybridized carbons (Fsp3) is 0.900. The fourth-order valence-electron chi connectivity index (χ4n) is 6.89. The number of hydrogen-bond donors (Lipinski definition) is 1. The largest absolute Gasteiger partial charge is 0.351 e. The van der Waals surface area contributed by atoms with Crippen LogP contribution in [0.4, 0.5) is 0 Å². The van der Waals surface area contributed by atoms with Gasteiger partial charge in [-0.3, -0.25) is 9.59 Å². The monoisotopic (exact) mass is 317 g/mol. The van der Waals surface area contributed by atoms with Crippen LogP contribution in [0.3, 0.4) is 0 Å². The Kier molecular flexibility index (Phi) is 3.45. The molecule has 0 saturated heterocycles. The van der Waals surface area contributed by atoms with E-state index >= 15 is 0 Å². The Morgan fingerprint density at radius 1 is 0.957 bits per heavy atom. The molecule has 128 valence electrons. The summed E-state index contributed by atoms with van der Waals surface area (Å²) in [5, 5.41) is 3.48. The van der Waals surface area contributed by atoms with Crippen molar-refractivity contribution in [2.75, 3.05) is 0 Å². The third kappa shape index (κ3) is 2.55. The molecule has 0 aliphatic heterocycles. The molecule has 0 radical (unpaired) electrons. The van der Waals surface area contributed by atoms with Crippen molar-refractivity contribution in [1.82, 2.24) is 5.32 Å². The highest BCUT2D eigenvalue weighted by Gasteiger charge is 2.53. The van der Waals surface area contributed by atoms with Crippen molar-refractivity contribution in [1.29, 1.82) is 0 Å². The third-order valence-electron chi connectivity index (χ3n) is 7.84. The summed E-state index contributed by atoms with van der Waals surface area (Å²) in [6.45, 7) is 6.01. The van der Waals surface area contributed by atoms with Gasteiger partial charge in [0.25, 0.3) is 0 Å². The smallest absolute Gasteiger partial charge is 0.220 e. The minimum absolute atomic E-state index is 0.00928. The first-order chi connectivity index (χ1) is 10.8. The van der Waals surface area contributed by atoms with Crippen LogP contribution in [-0.4, -0.2) is 17.2 Å². The second kappa shape index (κ2) is 5.07. The van der Waals surface area contributed by atoms with Gasteiger partial charge in [0, 0.05) is 17.9 Å². The number of rotatable bonds is 4. The molecule has 4 bridgehead atoms. The number of nitrogens with one attached hydrogen (secondary N) is 1. The predicted octanol–water partition coefficient (Wildman–Crippen LogP) is 3.71. The highest BCUT2D eigenvalue weighted by molar-refractivity contribution is 5.82. The first-order valence-corrected chi connectivity index (χ1v) is 9.59. The van der Waals surface area contributed by atoms with E-state index in [9.17, 15) is 9.59 Å². The number of carbonyl (C=O) groups excluding carboxylic acids is 2. The van der Waals surface area contributed by atoms with Gasteiger partial charge in [-0.05, 0) is 81.0 Å². The third-order valence-corrected chi connectivity index (χ3v) is 7.84. The van der Waals surface area contributed by atoms with E-state index in [1.165, 1.54) is 38.5 Å². The number of carbonyl (C=O) groups is 2. The molecule has 5 rings (SSSR count). The standard InChI is InChI=1S/C20H31NO2/c1-12(22)17-7-16(19(17,2)3)8-18(23)21-20-9-13-4-14(10-20)6-15(5-13)11-20/h13-17H,4-11H2,1-3H3,(H,21,23)/t13?,14?,15?,16-,17-,20?/m1/s1. The van der Waals surface area contributed by atoms with E-state index in [0.29, 0.717) is 12.3 Å². The molecule has 0 spiro atoms. The summed E-state index contributed by atoms with van der Waals surface area (Å²) in [4.78, 5) is 24.4. The van der Waals surface area contributed by atoms with Crippen LogP contribution in [0.25, 0.3) is 0 Å². The number of ketones is 1. The molecule has 1 amide bonds. The van der Waals surface area contributed by atoms with Crippen molar-refractivity contribution in [3.05, 3.63) is 0 Å². The van der Waals surface area contributed by atoms with E-state index < -0.39 is 0 Å². The maximum absolute atomic E-state index is 12.7. The molecular weight excluding hydrogens is 286 g/mol. The quantitative estimate of drug-likeness (QED) is 0.859. The van der Waals surface area contributed by atoms with Gasteiger partial charge in [0.15, 0.2) is 0 Å². The molecule has 5 aliphatic carbocycles. The maximum Gasteiger partial charge on any atom is 0.220 e. The van der Waals surface area contributed by atoms with Crippen molar-refractivity contribution < 1.29 is 9.59 Å². The Morgan fingerprint density at radius 2 is 1.48 bits per heavy atom. The highest BCUT2D eigenvalue weighted by atomic mass is 16.1. The lowest BCUT2D eigenvalue weighted by Gasteiger charge is -2.57. The van der Waals surface area contributed by atoms with Crippen LogP contribution >= 0.6 is 0 Å². The molecule has 23 heavy (non-hydrogen) atoms. The van der Waals surface area contributed by atoms with Crippen molar-refractivity contribution in [3.8, 4) is 0 Å². The Bertz CT molecular complexity index is 500. The summed E-state index contributed by atoms with van der Waals surface area (Å²) in [6, 6.07) is 0. The zero-order chi connectivity index (χ0) is 16.4. The lowest BCUT2D eigenvalue weighted by molar-refractivity contribution is -0.142. The molecule has 3 nitrogen and oxygen atoms in total. The summed E-state index contributed by atoms with van der Waals surface area (Å²) in [5.41, 5.74) is 0.115. The first-order valence-electron chi connectivity index (χ1n) is 9.59. The molecule has 0 heterocycles. The summed E-state index contributed by atoms with van der Waals surface area (Å²) in [6.07, 6.45) is 9.38. The molecule has 5 aliphatic rings. The first kappa shape index (κ1) is 15.7. The normalized spacial score (nSPS) is 46.3. The van der Waals surface area contributed by atoms with Crippen LogP contribution in [0.15, 0.2) is 0 Å². The number of amides is 1. The molecule has 1 N–H and O–H groups in total. The van der Waals surface area contributed by atoms with Gasteiger partial charge in [-0.1, -0.05) is 13.8 Å². The van der Waals surface area contributed by atoms with E-state index in [2.05, 4.69) is 19.2 Å². The van der Waals surface area contributed by atoms with Gasteiger partial charge in [-0.2, -0.15) is 0 Å². The van der Waals surface area contributed by atoms with Gasteiger partial charge in [-0.15, -0.1) is 0 Å². The summed E-state index contributed by atoms with van der Waals surface area (Å²) in [7, 11) is 0. The van der Waals surface area contributed by atoms with E-state index in [4.69, 9.17) is 0 Å². The second-order valence-corrected chi connectivity index (χ2v) is 9.87. The molecule has 0 unspecified atom stereocenters. The number of hydrogen-bond acceptors (Lipinski definition) is 2. The van der Waals surface area contributed by atoms with E-state index in [0.717, 1.165) is 24.2 Å². The molecule has 0 aromatic carbocycles. The molecule has 2 atom stereocenters. The summed E-state index contributed by atoms with van der Waals surface area (Å²) >= 11 is 0. The Balaban J connectivity index is 1.37. The second-order valence-electron chi connectivity index (χ2n) is 9.87. The van der Waals surface area contributed by atoms with E-state index in [-0.39, 0.29) is 28.6 Å². The van der Waals surface area contributed by atoms with E-state index in [1.54, 1.807) is 6.92 Å². The fourth-order valence-corrected chi connectivity index (χ4v) is 6.89.